The third-order valence-electron chi connectivity index (χ3n) is 10.9. The summed E-state index contributed by atoms with van der Waals surface area (Å²) in [5.74, 6) is -0.152. The third kappa shape index (κ3) is 11.4. The van der Waals surface area contributed by atoms with E-state index in [1.165, 1.54) is 16.7 Å². The van der Waals surface area contributed by atoms with Gasteiger partial charge in [0.15, 0.2) is 0 Å². The first-order chi connectivity index (χ1) is 31.8. The molecule has 0 spiro atoms. The van der Waals surface area contributed by atoms with E-state index in [0.29, 0.717) is 11.3 Å². The maximum absolute atomic E-state index is 11.4. The van der Waals surface area contributed by atoms with Crippen molar-refractivity contribution in [2.24, 2.45) is 5.73 Å². The van der Waals surface area contributed by atoms with Crippen molar-refractivity contribution in [2.45, 2.75) is 27.4 Å². The van der Waals surface area contributed by atoms with Gasteiger partial charge in [0.25, 0.3) is 0 Å². The first kappa shape index (κ1) is 45.6. The zero-order valence-electron chi connectivity index (χ0n) is 37.5. The summed E-state index contributed by atoms with van der Waals surface area (Å²) in [6, 6.07) is 43.3. The number of hydrogen-bond donors (Lipinski definition) is 3. The maximum atomic E-state index is 11.4. The Bertz CT molecular complexity index is 3000. The van der Waals surface area contributed by atoms with E-state index in [-0.39, 0.29) is 12.4 Å². The van der Waals surface area contributed by atoms with Gasteiger partial charge in [-0.25, -0.2) is 0 Å². The molecule has 0 atom stereocenters. The minimum absolute atomic E-state index is 0.0403. The molecule has 4 N–H and O–H groups in total. The number of aryl methyl sites for hydroxylation is 3. The van der Waals surface area contributed by atoms with Gasteiger partial charge in [0.05, 0.1) is 12.3 Å². The molecule has 1 aromatic heterocycles. The number of benzene rings is 5. The number of primary amides is 1. The highest BCUT2D eigenvalue weighted by Gasteiger charge is 2.16. The average molecular weight is 868 g/mol. The minimum Gasteiger partial charge on any atom is -0.508 e. The maximum Gasteiger partial charge on any atom is 0.248 e. The zero-order chi connectivity index (χ0) is 46.7. The van der Waals surface area contributed by atoms with Crippen LogP contribution in [0.3, 0.4) is 0 Å². The SMILES string of the molecule is C=C1C=CC(c2ccc(CO)nc2)=CN1c1cccc(C)c1.C=C1C=CC(c2cccc(C(N)=O)c2)=CN1c1cccc(C)c1.C=C1C=CC(c2cccc(O)c2)=CN1c1cccc(C)c1. The first-order valence-electron chi connectivity index (χ1n) is 21.4. The molecule has 0 fully saturated rings. The van der Waals surface area contributed by atoms with Crippen LogP contribution < -0.4 is 20.4 Å². The normalized spacial score (nSPS) is 14.1. The van der Waals surface area contributed by atoms with Crippen LogP contribution >= 0.6 is 0 Å². The molecule has 0 saturated carbocycles. The Morgan fingerprint density at radius 3 is 1.35 bits per heavy atom. The van der Waals surface area contributed by atoms with Crippen molar-refractivity contribution >= 4 is 39.7 Å². The van der Waals surface area contributed by atoms with Gasteiger partial charge >= 0.3 is 0 Å². The standard InChI is InChI=1S/C20H18N2O.C19H18N2O.C19H17NO/c1-14-5-3-8-19(11-14)22-13-18(10-9-15(22)2)16-6-4-7-17(12-16)20(21)23;1-14-4-3-5-19(10-14)21-12-17(7-6-15(21)2)16-8-9-18(13-22)20-11-16;1-14-5-3-7-18(11-14)20-13-17(10-9-15(20)2)16-6-4-8-19(21)12-16/h3-13H,2H2,1H3,(H2,21,23);3-12,22H,2,13H2,1H3;3-13,21H,2H2,1H3. The van der Waals surface area contributed by atoms with Crippen LogP contribution in [0.4, 0.5) is 17.1 Å². The second-order valence-corrected chi connectivity index (χ2v) is 16.0. The number of aromatic nitrogens is 1. The Labute approximate surface area is 387 Å². The fraction of sp³-hybridized carbons (Fsp3) is 0.0690. The lowest BCUT2D eigenvalue weighted by Crippen LogP contribution is -2.16. The molecule has 8 heteroatoms. The molecule has 6 aromatic rings. The van der Waals surface area contributed by atoms with Gasteiger partial charge in [-0.3, -0.25) is 9.78 Å². The van der Waals surface area contributed by atoms with E-state index in [0.717, 1.165) is 67.6 Å². The molecule has 0 aliphatic carbocycles. The summed E-state index contributed by atoms with van der Waals surface area (Å²) in [5, 5.41) is 18.7. The number of aliphatic hydroxyl groups is 1. The molecule has 5 aromatic carbocycles. The van der Waals surface area contributed by atoms with Gasteiger partial charge in [0.1, 0.15) is 5.75 Å². The largest absolute Gasteiger partial charge is 0.508 e. The fourth-order valence-corrected chi connectivity index (χ4v) is 7.39. The number of nitrogens with zero attached hydrogens (tertiary/aromatic N) is 4. The van der Waals surface area contributed by atoms with Crippen LogP contribution in [0.1, 0.15) is 49.4 Å². The number of anilines is 3. The van der Waals surface area contributed by atoms with Gasteiger partial charge in [-0.1, -0.05) is 105 Å². The molecule has 0 saturated heterocycles. The van der Waals surface area contributed by atoms with E-state index >= 15 is 0 Å². The molecule has 3 aliphatic rings. The quantitative estimate of drug-likeness (QED) is 0.140. The lowest BCUT2D eigenvalue weighted by molar-refractivity contribution is 0.1000. The molecular weight excluding hydrogens is 815 g/mol. The van der Waals surface area contributed by atoms with Crippen LogP contribution in [0.15, 0.2) is 232 Å². The topological polar surface area (TPSA) is 106 Å². The van der Waals surface area contributed by atoms with Gasteiger partial charge in [-0.2, -0.15) is 0 Å². The van der Waals surface area contributed by atoms with Crippen LogP contribution in [-0.2, 0) is 6.61 Å². The highest BCUT2D eigenvalue weighted by Crippen LogP contribution is 2.32. The second kappa shape index (κ2) is 20.8. The molecule has 3 aliphatic heterocycles. The van der Waals surface area contributed by atoms with E-state index in [1.807, 2.05) is 114 Å². The number of rotatable bonds is 8. The average Bonchev–Trinajstić information content (AvgIpc) is 3.32. The fourth-order valence-electron chi connectivity index (χ4n) is 7.39. The number of aromatic hydroxyl groups is 1. The van der Waals surface area contributed by atoms with Crippen molar-refractivity contribution in [1.29, 1.82) is 0 Å². The molecule has 0 unspecified atom stereocenters. The van der Waals surface area contributed by atoms with E-state index in [1.54, 1.807) is 30.5 Å². The molecule has 8 nitrogen and oxygen atoms in total. The lowest BCUT2D eigenvalue weighted by atomic mass is 10.0. The second-order valence-electron chi connectivity index (χ2n) is 16.0. The summed E-state index contributed by atoms with van der Waals surface area (Å²) in [5.41, 5.74) is 22.2. The minimum atomic E-state index is -0.424. The number of pyridine rings is 1. The molecule has 4 heterocycles. The number of phenolic OH excluding ortho intramolecular Hbond substituents is 1. The third-order valence-corrected chi connectivity index (χ3v) is 10.9. The summed E-state index contributed by atoms with van der Waals surface area (Å²) in [6.45, 7) is 18.5. The predicted molar refractivity (Wildman–Crippen MR) is 273 cm³/mol. The molecular formula is C58H53N5O3. The van der Waals surface area contributed by atoms with Crippen LogP contribution in [0.25, 0.3) is 16.7 Å². The summed E-state index contributed by atoms with van der Waals surface area (Å²) in [4.78, 5) is 21.8. The summed E-state index contributed by atoms with van der Waals surface area (Å²) < 4.78 is 0. The van der Waals surface area contributed by atoms with Crippen LogP contribution in [0.2, 0.25) is 0 Å². The van der Waals surface area contributed by atoms with Crippen molar-refractivity contribution in [2.75, 3.05) is 14.7 Å². The van der Waals surface area contributed by atoms with Gasteiger partial charge in [0.2, 0.25) is 5.91 Å². The highest BCUT2D eigenvalue weighted by atomic mass is 16.3. The van der Waals surface area contributed by atoms with Crippen molar-refractivity contribution in [3.05, 3.63) is 276 Å². The molecule has 328 valence electrons. The van der Waals surface area contributed by atoms with Crippen molar-refractivity contribution in [3.63, 3.8) is 0 Å². The van der Waals surface area contributed by atoms with Gasteiger partial charge in [-0.15, -0.1) is 0 Å². The molecule has 1 amide bonds. The Kier molecular flexibility index (Phi) is 14.4. The van der Waals surface area contributed by atoms with E-state index < -0.39 is 5.91 Å². The number of nitrogens with two attached hydrogens (primary N) is 1. The summed E-state index contributed by atoms with van der Waals surface area (Å²) in [6.07, 6.45) is 19.9. The van der Waals surface area contributed by atoms with Crippen LogP contribution in [0.5, 0.6) is 5.75 Å². The van der Waals surface area contributed by atoms with Gasteiger partial charge in [-0.05, 0) is 150 Å². The number of amides is 1. The van der Waals surface area contributed by atoms with Crippen molar-refractivity contribution in [3.8, 4) is 5.75 Å². The van der Waals surface area contributed by atoms with Crippen molar-refractivity contribution < 1.29 is 15.0 Å². The van der Waals surface area contributed by atoms with Crippen LogP contribution in [0, 0.1) is 20.8 Å². The Hall–Kier alpha value is -8.46. The monoisotopic (exact) mass is 867 g/mol. The van der Waals surface area contributed by atoms with Crippen molar-refractivity contribution in [1.82, 2.24) is 4.98 Å². The number of carbonyl (C=O) groups is 1. The van der Waals surface area contributed by atoms with Gasteiger partial charge < -0.3 is 30.6 Å². The Morgan fingerprint density at radius 2 is 0.955 bits per heavy atom. The lowest BCUT2D eigenvalue weighted by Gasteiger charge is -2.26. The number of allylic oxidation sites excluding steroid dienone is 9. The number of aliphatic hydroxyl groups excluding tert-OH is 1. The molecule has 9 rings (SSSR count). The number of carbonyl (C=O) groups excluding carboxylic acids is 1. The first-order valence-corrected chi connectivity index (χ1v) is 21.4. The van der Waals surface area contributed by atoms with E-state index in [9.17, 15) is 9.90 Å². The molecule has 66 heavy (non-hydrogen) atoms. The Balaban J connectivity index is 0.000000147. The summed E-state index contributed by atoms with van der Waals surface area (Å²) in [7, 11) is 0. The highest BCUT2D eigenvalue weighted by molar-refractivity contribution is 5.94. The summed E-state index contributed by atoms with van der Waals surface area (Å²) >= 11 is 0. The van der Waals surface area contributed by atoms with E-state index in [4.69, 9.17) is 10.8 Å². The number of phenols is 1. The molecule has 0 radical (unpaired) electrons. The van der Waals surface area contributed by atoms with Crippen LogP contribution in [-0.4, -0.2) is 21.1 Å². The van der Waals surface area contributed by atoms with E-state index in [2.05, 4.69) is 110 Å². The Morgan fingerprint density at radius 1 is 0.530 bits per heavy atom. The smallest absolute Gasteiger partial charge is 0.248 e. The zero-order valence-corrected chi connectivity index (χ0v) is 37.5. The number of hydrogen-bond acceptors (Lipinski definition) is 7. The predicted octanol–water partition coefficient (Wildman–Crippen LogP) is 12.5. The molecule has 0 bridgehead atoms. The van der Waals surface area contributed by atoms with Gasteiger partial charge in [0, 0.05) is 70.1 Å².